The SMILES string of the molecule is COCc1c(C(=O)NCC(c2c(F)cccc2Cl)N2CCOC(C)C2)sc2cccc(F)c12. The molecule has 1 fully saturated rings. The lowest BCUT2D eigenvalue weighted by atomic mass is 10.0. The molecule has 2 aromatic carbocycles. The van der Waals surface area contributed by atoms with Crippen LogP contribution in [0.3, 0.4) is 0 Å². The number of nitrogens with one attached hydrogen (secondary N) is 1. The van der Waals surface area contributed by atoms with Crippen LogP contribution >= 0.6 is 22.9 Å². The number of carbonyl (C=O) groups excluding carboxylic acids is 1. The minimum Gasteiger partial charge on any atom is -0.380 e. The molecule has 33 heavy (non-hydrogen) atoms. The van der Waals surface area contributed by atoms with Crippen molar-refractivity contribution < 1.29 is 23.0 Å². The molecule has 0 radical (unpaired) electrons. The monoisotopic (exact) mass is 494 g/mol. The Hall–Kier alpha value is -2.10. The fraction of sp³-hybridized carbons (Fsp3) is 0.375. The van der Waals surface area contributed by atoms with Crippen LogP contribution in [0, 0.1) is 11.6 Å². The van der Waals surface area contributed by atoms with Gasteiger partial charge in [0.25, 0.3) is 5.91 Å². The van der Waals surface area contributed by atoms with Gasteiger partial charge in [-0.15, -0.1) is 11.3 Å². The Labute approximate surface area is 200 Å². The van der Waals surface area contributed by atoms with E-state index in [1.807, 2.05) is 6.92 Å². The topological polar surface area (TPSA) is 50.8 Å². The molecule has 9 heteroatoms. The normalized spacial score (nSPS) is 17.9. The fourth-order valence-corrected chi connectivity index (χ4v) is 5.70. The Morgan fingerprint density at radius 3 is 2.79 bits per heavy atom. The summed E-state index contributed by atoms with van der Waals surface area (Å²) in [6.07, 6.45) is -0.0265. The molecule has 2 heterocycles. The van der Waals surface area contributed by atoms with Crippen molar-refractivity contribution in [2.45, 2.75) is 25.7 Å². The van der Waals surface area contributed by atoms with Gasteiger partial charge in [-0.25, -0.2) is 8.78 Å². The van der Waals surface area contributed by atoms with Gasteiger partial charge in [0.2, 0.25) is 0 Å². The molecule has 0 saturated carbocycles. The second-order valence-electron chi connectivity index (χ2n) is 7.99. The summed E-state index contributed by atoms with van der Waals surface area (Å²) < 4.78 is 40.9. The number of amides is 1. The van der Waals surface area contributed by atoms with E-state index in [-0.39, 0.29) is 25.2 Å². The lowest BCUT2D eigenvalue weighted by molar-refractivity contribution is -0.0346. The highest BCUT2D eigenvalue weighted by Gasteiger charge is 2.30. The van der Waals surface area contributed by atoms with E-state index >= 15 is 0 Å². The zero-order valence-electron chi connectivity index (χ0n) is 18.4. The van der Waals surface area contributed by atoms with Crippen LogP contribution < -0.4 is 5.32 Å². The fourth-order valence-electron chi connectivity index (χ4n) is 4.27. The number of rotatable bonds is 7. The third-order valence-corrected chi connectivity index (χ3v) is 7.29. The van der Waals surface area contributed by atoms with Crippen molar-refractivity contribution in [2.75, 3.05) is 33.4 Å². The van der Waals surface area contributed by atoms with E-state index in [0.29, 0.717) is 50.8 Å². The average Bonchev–Trinajstić information content (AvgIpc) is 3.15. The summed E-state index contributed by atoms with van der Waals surface area (Å²) in [4.78, 5) is 15.7. The van der Waals surface area contributed by atoms with E-state index in [4.69, 9.17) is 21.1 Å². The van der Waals surface area contributed by atoms with Crippen molar-refractivity contribution in [3.63, 3.8) is 0 Å². The minimum atomic E-state index is -0.481. The minimum absolute atomic E-state index is 0.0265. The lowest BCUT2D eigenvalue weighted by Crippen LogP contribution is -2.47. The highest BCUT2D eigenvalue weighted by Crippen LogP contribution is 2.35. The Morgan fingerprint density at radius 1 is 1.30 bits per heavy atom. The summed E-state index contributed by atoms with van der Waals surface area (Å²) in [7, 11) is 1.50. The van der Waals surface area contributed by atoms with Gasteiger partial charge in [-0.05, 0) is 31.2 Å². The molecule has 0 spiro atoms. The van der Waals surface area contributed by atoms with Gasteiger partial charge in [-0.1, -0.05) is 23.7 Å². The van der Waals surface area contributed by atoms with Crippen molar-refractivity contribution >= 4 is 38.9 Å². The van der Waals surface area contributed by atoms with Crippen LogP contribution in [0.2, 0.25) is 5.02 Å². The van der Waals surface area contributed by atoms with E-state index in [1.54, 1.807) is 24.3 Å². The molecule has 1 amide bonds. The van der Waals surface area contributed by atoms with Crippen LogP contribution in [-0.2, 0) is 16.1 Å². The van der Waals surface area contributed by atoms with E-state index in [0.717, 1.165) is 0 Å². The molecule has 0 aliphatic carbocycles. The third-order valence-electron chi connectivity index (χ3n) is 5.76. The van der Waals surface area contributed by atoms with Crippen molar-refractivity contribution in [3.8, 4) is 0 Å². The number of thiophene rings is 1. The maximum Gasteiger partial charge on any atom is 0.261 e. The molecule has 5 nitrogen and oxygen atoms in total. The zero-order chi connectivity index (χ0) is 23.5. The van der Waals surface area contributed by atoms with E-state index in [1.165, 1.54) is 30.6 Å². The smallest absolute Gasteiger partial charge is 0.261 e. The molecule has 4 rings (SSSR count). The van der Waals surface area contributed by atoms with Crippen LogP contribution in [-0.4, -0.2) is 50.3 Å². The first kappa shape index (κ1) is 24.0. The van der Waals surface area contributed by atoms with Gasteiger partial charge in [-0.3, -0.25) is 9.69 Å². The molecule has 176 valence electrons. The summed E-state index contributed by atoms with van der Waals surface area (Å²) in [5, 5.41) is 3.63. The number of methoxy groups -OCH3 is 1. The second kappa shape index (κ2) is 10.4. The summed E-state index contributed by atoms with van der Waals surface area (Å²) in [6.45, 7) is 3.86. The number of morpholine rings is 1. The van der Waals surface area contributed by atoms with Crippen molar-refractivity contribution in [2.24, 2.45) is 0 Å². The summed E-state index contributed by atoms with van der Waals surface area (Å²) in [5.41, 5.74) is 0.849. The largest absolute Gasteiger partial charge is 0.380 e. The molecular formula is C24H25ClF2N2O3S. The van der Waals surface area contributed by atoms with Gasteiger partial charge < -0.3 is 14.8 Å². The van der Waals surface area contributed by atoms with Crippen LogP contribution in [0.4, 0.5) is 8.78 Å². The number of hydrogen-bond acceptors (Lipinski definition) is 5. The molecule has 0 bridgehead atoms. The van der Waals surface area contributed by atoms with Crippen LogP contribution in [0.15, 0.2) is 36.4 Å². The summed E-state index contributed by atoms with van der Waals surface area (Å²) >= 11 is 7.59. The second-order valence-corrected chi connectivity index (χ2v) is 9.45. The number of ether oxygens (including phenoxy) is 2. The van der Waals surface area contributed by atoms with Crippen LogP contribution in [0.1, 0.15) is 33.8 Å². The quantitative estimate of drug-likeness (QED) is 0.492. The number of fused-ring (bicyclic) bond motifs is 1. The van der Waals surface area contributed by atoms with Crippen molar-refractivity contribution in [3.05, 3.63) is 69.1 Å². The van der Waals surface area contributed by atoms with Crippen molar-refractivity contribution in [1.82, 2.24) is 10.2 Å². The van der Waals surface area contributed by atoms with Gasteiger partial charge in [0, 0.05) is 53.0 Å². The van der Waals surface area contributed by atoms with E-state index in [2.05, 4.69) is 10.2 Å². The average molecular weight is 495 g/mol. The van der Waals surface area contributed by atoms with Crippen molar-refractivity contribution in [1.29, 1.82) is 0 Å². The molecule has 2 atom stereocenters. The number of nitrogens with zero attached hydrogens (tertiary/aromatic N) is 1. The van der Waals surface area contributed by atoms with Gasteiger partial charge in [0.1, 0.15) is 11.6 Å². The van der Waals surface area contributed by atoms with Gasteiger partial charge in [0.05, 0.1) is 30.2 Å². The third kappa shape index (κ3) is 5.05. The molecule has 1 aliphatic rings. The Kier molecular flexibility index (Phi) is 7.61. The number of carbonyl (C=O) groups is 1. The Balaban J connectivity index is 1.64. The molecule has 1 N–H and O–H groups in total. The Morgan fingerprint density at radius 2 is 2.06 bits per heavy atom. The van der Waals surface area contributed by atoms with Gasteiger partial charge >= 0.3 is 0 Å². The first-order valence-electron chi connectivity index (χ1n) is 10.7. The molecule has 1 aromatic heterocycles. The summed E-state index contributed by atoms with van der Waals surface area (Å²) in [5.74, 6) is -1.18. The number of halogens is 3. The van der Waals surface area contributed by atoms with Crippen LogP contribution in [0.25, 0.3) is 10.1 Å². The Bertz CT molecular complexity index is 1140. The molecule has 1 saturated heterocycles. The lowest BCUT2D eigenvalue weighted by Gasteiger charge is -2.38. The standard InChI is InChI=1S/C24H25ClF2N2O3S/c1-14-12-29(9-10-32-14)19(22-16(25)5-3-6-18(22)27)11-28-24(30)23-15(13-31-2)21-17(26)7-4-8-20(21)33-23/h3-8,14,19H,9-13H2,1-2H3,(H,28,30). The van der Waals surface area contributed by atoms with Gasteiger partial charge in [0.15, 0.2) is 0 Å². The molecule has 3 aromatic rings. The first-order chi connectivity index (χ1) is 15.9. The maximum atomic E-state index is 14.8. The van der Waals surface area contributed by atoms with Gasteiger partial charge in [-0.2, -0.15) is 0 Å². The summed E-state index contributed by atoms with van der Waals surface area (Å²) in [6, 6.07) is 8.84. The first-order valence-corrected chi connectivity index (χ1v) is 11.9. The molecular weight excluding hydrogens is 470 g/mol. The predicted molar refractivity (Wildman–Crippen MR) is 126 cm³/mol. The predicted octanol–water partition coefficient (Wildman–Crippen LogP) is 5.17. The zero-order valence-corrected chi connectivity index (χ0v) is 19.9. The molecule has 1 aliphatic heterocycles. The number of hydrogen-bond donors (Lipinski definition) is 1. The highest BCUT2D eigenvalue weighted by molar-refractivity contribution is 7.21. The van der Waals surface area contributed by atoms with Crippen LogP contribution in [0.5, 0.6) is 0 Å². The van der Waals surface area contributed by atoms with E-state index < -0.39 is 17.7 Å². The highest BCUT2D eigenvalue weighted by atomic mass is 35.5. The maximum absolute atomic E-state index is 14.8. The van der Waals surface area contributed by atoms with E-state index in [9.17, 15) is 13.6 Å². The molecule has 2 unspecified atom stereocenters. The number of benzene rings is 2.